The molecule has 14 nitrogen and oxygen atoms in total. The molecule has 0 unspecified atom stereocenters. The Labute approximate surface area is 213 Å². The fourth-order valence-corrected chi connectivity index (χ4v) is 3.60. The second-order valence-electron chi connectivity index (χ2n) is 7.04. The molecule has 0 aliphatic heterocycles. The number of halogens is 1. The van der Waals surface area contributed by atoms with Gasteiger partial charge in [0.1, 0.15) is 11.4 Å². The molecule has 0 fully saturated rings. The van der Waals surface area contributed by atoms with Gasteiger partial charge >= 0.3 is 5.69 Å². The van der Waals surface area contributed by atoms with Gasteiger partial charge in [-0.3, -0.25) is 25.0 Å². The maximum absolute atomic E-state index is 11.8. The van der Waals surface area contributed by atoms with Gasteiger partial charge in [-0.1, -0.05) is 0 Å². The average molecular weight is 559 g/mol. The highest BCUT2D eigenvalue weighted by Gasteiger charge is 2.24. The van der Waals surface area contributed by atoms with Crippen molar-refractivity contribution in [1.29, 1.82) is 10.5 Å². The van der Waals surface area contributed by atoms with E-state index in [2.05, 4.69) is 31.5 Å². The fraction of sp³-hybridized carbons (Fsp3) is 0.286. The number of rotatable bonds is 11. The van der Waals surface area contributed by atoms with Crippen molar-refractivity contribution in [3.63, 3.8) is 0 Å². The predicted octanol–water partition coefficient (Wildman–Crippen LogP) is 5.28. The number of nitro groups is 2. The van der Waals surface area contributed by atoms with Crippen molar-refractivity contribution in [3.8, 4) is 17.9 Å². The van der Waals surface area contributed by atoms with Crippen LogP contribution in [0.3, 0.4) is 0 Å². The summed E-state index contributed by atoms with van der Waals surface area (Å²) in [5, 5.41) is 51.1. The third kappa shape index (κ3) is 6.94. The molecule has 0 saturated heterocycles. The van der Waals surface area contributed by atoms with E-state index in [4.69, 9.17) is 15.3 Å². The fourth-order valence-electron chi connectivity index (χ4n) is 3.08. The lowest BCUT2D eigenvalue weighted by molar-refractivity contribution is -0.393. The second kappa shape index (κ2) is 12.7. The van der Waals surface area contributed by atoms with E-state index < -0.39 is 27.1 Å². The molecular weight excluding hydrogens is 540 g/mol. The molecule has 1 N–H and O–H groups in total. The standard InChI is InChI=1S/C21H19BrN8O6/c1-13(31)25-16-11-18(28(7-3-5-23)8-4-6-24)20(36-2)12-17(16)26-27-21-15(22)9-14(29(32)33)10-19(21)30(34)35/h9-12H,3-4,7-8H2,1-2H3,(H,25,31). The Bertz CT molecular complexity index is 1280. The molecule has 2 aromatic carbocycles. The van der Waals surface area contributed by atoms with Crippen LogP contribution < -0.4 is 15.0 Å². The number of hydrogen-bond acceptors (Lipinski definition) is 11. The van der Waals surface area contributed by atoms with Crippen molar-refractivity contribution in [2.24, 2.45) is 10.2 Å². The summed E-state index contributed by atoms with van der Waals surface area (Å²) < 4.78 is 5.42. The summed E-state index contributed by atoms with van der Waals surface area (Å²) in [6.45, 7) is 1.85. The van der Waals surface area contributed by atoms with Crippen molar-refractivity contribution < 1.29 is 19.4 Å². The van der Waals surface area contributed by atoms with E-state index in [0.717, 1.165) is 12.1 Å². The van der Waals surface area contributed by atoms with Crippen LogP contribution in [0.4, 0.5) is 34.1 Å². The molecule has 0 saturated carbocycles. The van der Waals surface area contributed by atoms with Crippen molar-refractivity contribution >= 4 is 56.0 Å². The van der Waals surface area contributed by atoms with Gasteiger partial charge in [0.05, 0.1) is 63.9 Å². The summed E-state index contributed by atoms with van der Waals surface area (Å²) in [7, 11) is 1.39. The highest BCUT2D eigenvalue weighted by atomic mass is 79.9. The monoisotopic (exact) mass is 558 g/mol. The van der Waals surface area contributed by atoms with Crippen molar-refractivity contribution in [3.05, 3.63) is 49.0 Å². The number of anilines is 2. The lowest BCUT2D eigenvalue weighted by atomic mass is 10.2. The number of hydrogen-bond donors (Lipinski definition) is 1. The number of azo groups is 1. The van der Waals surface area contributed by atoms with Gasteiger partial charge < -0.3 is 15.0 Å². The van der Waals surface area contributed by atoms with Gasteiger partial charge in [-0.15, -0.1) is 10.2 Å². The molecular formula is C21H19BrN8O6. The smallest absolute Gasteiger partial charge is 0.304 e. The molecule has 36 heavy (non-hydrogen) atoms. The number of amides is 1. The molecule has 15 heteroatoms. The van der Waals surface area contributed by atoms with Crippen LogP contribution in [-0.2, 0) is 4.79 Å². The molecule has 0 aliphatic carbocycles. The third-order valence-corrected chi connectivity index (χ3v) is 5.23. The minimum atomic E-state index is -0.827. The van der Waals surface area contributed by atoms with Crippen LogP contribution in [0.25, 0.3) is 0 Å². The largest absolute Gasteiger partial charge is 0.494 e. The van der Waals surface area contributed by atoms with Crippen LogP contribution in [0.5, 0.6) is 5.75 Å². The predicted molar refractivity (Wildman–Crippen MR) is 132 cm³/mol. The van der Waals surface area contributed by atoms with E-state index in [1.807, 2.05) is 12.1 Å². The average Bonchev–Trinajstić information content (AvgIpc) is 2.82. The van der Waals surface area contributed by atoms with E-state index in [9.17, 15) is 25.0 Å². The number of non-ortho nitro benzene ring substituents is 1. The highest BCUT2D eigenvalue weighted by molar-refractivity contribution is 9.10. The van der Waals surface area contributed by atoms with Crippen LogP contribution in [0.1, 0.15) is 19.8 Å². The number of ether oxygens (including phenoxy) is 1. The number of carbonyl (C=O) groups is 1. The summed E-state index contributed by atoms with van der Waals surface area (Å²) in [6, 6.07) is 8.86. The van der Waals surface area contributed by atoms with E-state index in [-0.39, 0.29) is 53.2 Å². The Balaban J connectivity index is 2.66. The normalized spacial score (nSPS) is 10.4. The zero-order chi connectivity index (χ0) is 26.8. The summed E-state index contributed by atoms with van der Waals surface area (Å²) in [5.41, 5.74) is -0.691. The summed E-state index contributed by atoms with van der Waals surface area (Å²) in [5.74, 6) is -0.156. The number of nitriles is 2. The second-order valence-corrected chi connectivity index (χ2v) is 7.89. The molecule has 0 spiro atoms. The van der Waals surface area contributed by atoms with Gasteiger partial charge in [0.2, 0.25) is 5.91 Å². The van der Waals surface area contributed by atoms with Gasteiger partial charge in [-0.25, -0.2) is 0 Å². The third-order valence-electron chi connectivity index (χ3n) is 4.63. The minimum Gasteiger partial charge on any atom is -0.494 e. The highest BCUT2D eigenvalue weighted by Crippen LogP contribution is 2.43. The number of methoxy groups -OCH3 is 1. The first-order chi connectivity index (χ1) is 17.1. The van der Waals surface area contributed by atoms with Crippen LogP contribution in [0.2, 0.25) is 0 Å². The Morgan fingerprint density at radius 1 is 1.11 bits per heavy atom. The van der Waals surface area contributed by atoms with Crippen molar-refractivity contribution in [2.75, 3.05) is 30.4 Å². The van der Waals surface area contributed by atoms with E-state index in [0.29, 0.717) is 5.69 Å². The zero-order valence-electron chi connectivity index (χ0n) is 19.1. The van der Waals surface area contributed by atoms with Crippen molar-refractivity contribution in [1.82, 2.24) is 0 Å². The number of nitrogens with zero attached hydrogens (tertiary/aromatic N) is 7. The lowest BCUT2D eigenvalue weighted by Gasteiger charge is -2.26. The molecule has 2 aromatic rings. The first kappa shape index (κ1) is 27.6. The molecule has 0 aromatic heterocycles. The Kier molecular flexibility index (Phi) is 9.76. The van der Waals surface area contributed by atoms with Gasteiger partial charge in [0, 0.05) is 32.1 Å². The maximum Gasteiger partial charge on any atom is 0.304 e. The van der Waals surface area contributed by atoms with Crippen LogP contribution >= 0.6 is 15.9 Å². The van der Waals surface area contributed by atoms with E-state index >= 15 is 0 Å². The number of benzene rings is 2. The number of nitrogens with one attached hydrogen (secondary N) is 1. The summed E-state index contributed by atoms with van der Waals surface area (Å²) in [6.07, 6.45) is 0.340. The quantitative estimate of drug-likeness (QED) is 0.216. The SMILES string of the molecule is COc1cc(N=Nc2c(Br)cc([N+](=O)[O-])cc2[N+](=O)[O-])c(NC(C)=O)cc1N(CCC#N)CCC#N. The van der Waals surface area contributed by atoms with Gasteiger partial charge in [0.15, 0.2) is 5.69 Å². The Hall–Kier alpha value is -4.63. The molecule has 2 rings (SSSR count). The van der Waals surface area contributed by atoms with Gasteiger partial charge in [-0.2, -0.15) is 10.5 Å². The molecule has 0 bridgehead atoms. The van der Waals surface area contributed by atoms with Gasteiger partial charge in [0.25, 0.3) is 5.69 Å². The van der Waals surface area contributed by atoms with Crippen molar-refractivity contribution in [2.45, 2.75) is 19.8 Å². The minimum absolute atomic E-state index is 0.0315. The van der Waals surface area contributed by atoms with Crippen LogP contribution in [0, 0.1) is 42.9 Å². The molecule has 1 amide bonds. The number of carbonyl (C=O) groups excluding carboxylic acids is 1. The molecule has 0 heterocycles. The summed E-state index contributed by atoms with van der Waals surface area (Å²) in [4.78, 5) is 34.6. The first-order valence-corrected chi connectivity index (χ1v) is 10.9. The number of nitro benzene ring substituents is 2. The van der Waals surface area contributed by atoms with Crippen LogP contribution in [0.15, 0.2) is 39.0 Å². The van der Waals surface area contributed by atoms with Crippen LogP contribution in [-0.4, -0.2) is 36.0 Å². The maximum atomic E-state index is 11.8. The molecule has 0 atom stereocenters. The lowest BCUT2D eigenvalue weighted by Crippen LogP contribution is -2.26. The molecule has 0 radical (unpaired) electrons. The Morgan fingerprint density at radius 2 is 1.75 bits per heavy atom. The zero-order valence-corrected chi connectivity index (χ0v) is 20.7. The topological polar surface area (TPSA) is 200 Å². The molecule has 186 valence electrons. The van der Waals surface area contributed by atoms with Gasteiger partial charge in [-0.05, 0) is 22.0 Å². The molecule has 0 aliphatic rings. The summed E-state index contributed by atoms with van der Waals surface area (Å²) >= 11 is 3.06. The van der Waals surface area contributed by atoms with E-state index in [1.54, 1.807) is 4.90 Å². The van der Waals surface area contributed by atoms with E-state index in [1.165, 1.54) is 26.2 Å². The first-order valence-electron chi connectivity index (χ1n) is 10.1. The Morgan fingerprint density at radius 3 is 2.25 bits per heavy atom.